The highest BCUT2D eigenvalue weighted by atomic mass is 35.5. The van der Waals surface area contributed by atoms with E-state index in [-0.39, 0.29) is 17.4 Å². The highest BCUT2D eigenvalue weighted by Crippen LogP contribution is 2.21. The molecule has 2 aromatic carbocycles. The lowest BCUT2D eigenvalue weighted by atomic mass is 10.1. The zero-order chi connectivity index (χ0) is 14.5. The SMILES string of the molecule is O=C(Cc1ccccc1C(=O)S)Nc1ccccc1Cl. The van der Waals surface area contributed by atoms with Gasteiger partial charge >= 0.3 is 0 Å². The number of amides is 1. The molecule has 0 fully saturated rings. The molecule has 0 bridgehead atoms. The number of benzene rings is 2. The molecule has 0 aliphatic rings. The van der Waals surface area contributed by atoms with E-state index < -0.39 is 0 Å². The van der Waals surface area contributed by atoms with Gasteiger partial charge in [0, 0.05) is 5.56 Å². The van der Waals surface area contributed by atoms with E-state index in [0.717, 1.165) is 0 Å². The summed E-state index contributed by atoms with van der Waals surface area (Å²) in [7, 11) is 0. The van der Waals surface area contributed by atoms with Crippen LogP contribution < -0.4 is 5.32 Å². The lowest BCUT2D eigenvalue weighted by Crippen LogP contribution is -2.16. The lowest BCUT2D eigenvalue weighted by molar-refractivity contribution is -0.115. The van der Waals surface area contributed by atoms with Crippen LogP contribution in [0.25, 0.3) is 0 Å². The Balaban J connectivity index is 2.13. The van der Waals surface area contributed by atoms with Crippen molar-refractivity contribution in [3.8, 4) is 0 Å². The van der Waals surface area contributed by atoms with Crippen LogP contribution in [0.3, 0.4) is 0 Å². The largest absolute Gasteiger partial charge is 0.324 e. The molecular formula is C15H12ClNO2S. The van der Waals surface area contributed by atoms with Crippen LogP contribution in [0.2, 0.25) is 5.02 Å². The lowest BCUT2D eigenvalue weighted by Gasteiger charge is -2.09. The maximum atomic E-state index is 12.0. The van der Waals surface area contributed by atoms with Gasteiger partial charge < -0.3 is 5.32 Å². The normalized spacial score (nSPS) is 10.1. The zero-order valence-corrected chi connectivity index (χ0v) is 12.1. The summed E-state index contributed by atoms with van der Waals surface area (Å²) in [6.07, 6.45) is 0.0910. The van der Waals surface area contributed by atoms with Crippen LogP contribution in [0.15, 0.2) is 48.5 Å². The summed E-state index contributed by atoms with van der Waals surface area (Å²) in [5.41, 5.74) is 1.62. The van der Waals surface area contributed by atoms with Crippen LogP contribution in [-0.2, 0) is 11.2 Å². The average Bonchev–Trinajstić information content (AvgIpc) is 2.41. The Morgan fingerprint density at radius 1 is 1.05 bits per heavy atom. The fourth-order valence-electron chi connectivity index (χ4n) is 1.81. The van der Waals surface area contributed by atoms with Crippen molar-refractivity contribution in [3.63, 3.8) is 0 Å². The molecule has 0 saturated heterocycles. The third-order valence-electron chi connectivity index (χ3n) is 2.75. The van der Waals surface area contributed by atoms with Crippen LogP contribution in [-0.4, -0.2) is 11.0 Å². The van der Waals surface area contributed by atoms with Gasteiger partial charge in [-0.15, -0.1) is 12.6 Å². The van der Waals surface area contributed by atoms with Crippen molar-refractivity contribution in [2.24, 2.45) is 0 Å². The van der Waals surface area contributed by atoms with Crippen LogP contribution in [0, 0.1) is 0 Å². The summed E-state index contributed by atoms with van der Waals surface area (Å²) >= 11 is 9.78. The third kappa shape index (κ3) is 3.62. The van der Waals surface area contributed by atoms with Crippen LogP contribution >= 0.6 is 24.2 Å². The molecule has 0 atom stereocenters. The van der Waals surface area contributed by atoms with Gasteiger partial charge in [-0.3, -0.25) is 9.59 Å². The Hall–Kier alpha value is -1.78. The van der Waals surface area contributed by atoms with Crippen molar-refractivity contribution in [3.05, 3.63) is 64.7 Å². The van der Waals surface area contributed by atoms with Gasteiger partial charge in [-0.2, -0.15) is 0 Å². The van der Waals surface area contributed by atoms with E-state index >= 15 is 0 Å². The van der Waals surface area contributed by atoms with E-state index in [1.54, 1.807) is 48.5 Å². The summed E-state index contributed by atoms with van der Waals surface area (Å²) in [6, 6.07) is 13.9. The summed E-state index contributed by atoms with van der Waals surface area (Å²) < 4.78 is 0. The van der Waals surface area contributed by atoms with Gasteiger partial charge in [0.05, 0.1) is 17.1 Å². The molecule has 0 aliphatic heterocycles. The number of anilines is 1. The predicted octanol–water partition coefficient (Wildman–Crippen LogP) is 3.59. The van der Waals surface area contributed by atoms with Crippen molar-refractivity contribution >= 4 is 40.9 Å². The van der Waals surface area contributed by atoms with E-state index in [2.05, 4.69) is 17.9 Å². The Labute approximate surface area is 127 Å². The summed E-state index contributed by atoms with van der Waals surface area (Å²) in [5, 5.41) is 2.83. The van der Waals surface area contributed by atoms with Crippen LogP contribution in [0.5, 0.6) is 0 Å². The van der Waals surface area contributed by atoms with Gasteiger partial charge in [0.1, 0.15) is 0 Å². The first-order valence-corrected chi connectivity index (χ1v) is 6.76. The molecular weight excluding hydrogens is 294 g/mol. The molecule has 0 saturated carbocycles. The van der Waals surface area contributed by atoms with E-state index in [4.69, 9.17) is 11.6 Å². The Kier molecular flexibility index (Phi) is 4.82. The molecule has 2 rings (SSSR count). The van der Waals surface area contributed by atoms with Gasteiger partial charge in [-0.1, -0.05) is 48.0 Å². The molecule has 20 heavy (non-hydrogen) atoms. The number of para-hydroxylation sites is 1. The summed E-state index contributed by atoms with van der Waals surface area (Å²) in [6.45, 7) is 0. The van der Waals surface area contributed by atoms with Crippen LogP contribution in [0.1, 0.15) is 15.9 Å². The molecule has 0 aliphatic carbocycles. The third-order valence-corrected chi connectivity index (χ3v) is 3.32. The van der Waals surface area contributed by atoms with Crippen molar-refractivity contribution in [1.82, 2.24) is 0 Å². The second-order valence-electron chi connectivity index (χ2n) is 4.17. The number of nitrogens with one attached hydrogen (secondary N) is 1. The first-order chi connectivity index (χ1) is 9.58. The van der Waals surface area contributed by atoms with Gasteiger partial charge in [0.15, 0.2) is 0 Å². The number of hydrogen-bond donors (Lipinski definition) is 2. The minimum Gasteiger partial charge on any atom is -0.324 e. The molecule has 102 valence electrons. The first-order valence-electron chi connectivity index (χ1n) is 5.93. The van der Waals surface area contributed by atoms with Crippen molar-refractivity contribution in [2.75, 3.05) is 5.32 Å². The number of thiol groups is 1. The van der Waals surface area contributed by atoms with Gasteiger partial charge in [-0.25, -0.2) is 0 Å². The van der Waals surface area contributed by atoms with E-state index in [1.165, 1.54) is 0 Å². The maximum absolute atomic E-state index is 12.0. The molecule has 1 amide bonds. The second-order valence-corrected chi connectivity index (χ2v) is 4.98. The molecule has 0 heterocycles. The first kappa shape index (κ1) is 14.6. The number of rotatable bonds is 4. The average molecular weight is 306 g/mol. The maximum Gasteiger partial charge on any atom is 0.228 e. The monoisotopic (exact) mass is 305 g/mol. The number of hydrogen-bond acceptors (Lipinski definition) is 2. The fourth-order valence-corrected chi connectivity index (χ4v) is 2.21. The van der Waals surface area contributed by atoms with Crippen molar-refractivity contribution < 1.29 is 9.59 Å². The number of halogens is 1. The van der Waals surface area contributed by atoms with Gasteiger partial charge in [0.2, 0.25) is 11.0 Å². The molecule has 2 aromatic rings. The number of carbonyl (C=O) groups is 2. The standard InChI is InChI=1S/C15H12ClNO2S/c16-12-7-3-4-8-13(12)17-14(18)9-10-5-1-2-6-11(10)15(19)20/h1-8H,9H2,(H,17,18)(H,19,20). The van der Waals surface area contributed by atoms with Gasteiger partial charge in [0.25, 0.3) is 0 Å². The fraction of sp³-hybridized carbons (Fsp3) is 0.0667. The Morgan fingerprint density at radius 3 is 2.40 bits per heavy atom. The van der Waals surface area contributed by atoms with Gasteiger partial charge in [-0.05, 0) is 17.7 Å². The molecule has 5 heteroatoms. The highest BCUT2D eigenvalue weighted by Gasteiger charge is 2.12. The van der Waals surface area contributed by atoms with E-state index in [9.17, 15) is 9.59 Å². The molecule has 0 spiro atoms. The molecule has 3 nitrogen and oxygen atoms in total. The Bertz CT molecular complexity index is 658. The second kappa shape index (κ2) is 6.59. The molecule has 0 radical (unpaired) electrons. The van der Waals surface area contributed by atoms with E-state index in [0.29, 0.717) is 21.8 Å². The summed E-state index contributed by atoms with van der Waals surface area (Å²) in [5.74, 6) is -0.236. The summed E-state index contributed by atoms with van der Waals surface area (Å²) in [4.78, 5) is 23.4. The molecule has 0 unspecified atom stereocenters. The van der Waals surface area contributed by atoms with Crippen LogP contribution in [0.4, 0.5) is 5.69 Å². The number of carbonyl (C=O) groups excluding carboxylic acids is 2. The quantitative estimate of drug-likeness (QED) is 0.848. The highest BCUT2D eigenvalue weighted by molar-refractivity contribution is 7.97. The zero-order valence-electron chi connectivity index (χ0n) is 10.5. The van der Waals surface area contributed by atoms with E-state index in [1.807, 2.05) is 0 Å². The molecule has 0 aromatic heterocycles. The smallest absolute Gasteiger partial charge is 0.228 e. The minimum atomic E-state index is -0.355. The minimum absolute atomic E-state index is 0.0910. The predicted molar refractivity (Wildman–Crippen MR) is 83.5 cm³/mol. The van der Waals surface area contributed by atoms with Crippen molar-refractivity contribution in [2.45, 2.75) is 6.42 Å². The topological polar surface area (TPSA) is 46.2 Å². The molecule has 1 N–H and O–H groups in total. The Morgan fingerprint density at radius 2 is 1.70 bits per heavy atom. The van der Waals surface area contributed by atoms with Crippen molar-refractivity contribution in [1.29, 1.82) is 0 Å².